The summed E-state index contributed by atoms with van der Waals surface area (Å²) in [6.45, 7) is 2.00. The maximum Gasteiger partial charge on any atom is 0.251 e. The van der Waals surface area contributed by atoms with Gasteiger partial charge < -0.3 is 10.1 Å². The van der Waals surface area contributed by atoms with E-state index in [2.05, 4.69) is 5.32 Å². The predicted octanol–water partition coefficient (Wildman–Crippen LogP) is 4.66. The Hall–Kier alpha value is -2.87. The summed E-state index contributed by atoms with van der Waals surface area (Å²) in [5.74, 6) is -0.247. The van der Waals surface area contributed by atoms with Crippen LogP contribution in [0.2, 0.25) is 5.02 Å². The number of amides is 1. The Morgan fingerprint density at radius 3 is 2.38 bits per heavy atom. The van der Waals surface area contributed by atoms with Gasteiger partial charge in [0.1, 0.15) is 10.6 Å². The average Bonchev–Trinajstić information content (AvgIpc) is 2.79. The van der Waals surface area contributed by atoms with E-state index in [1.807, 2.05) is 55.5 Å². The van der Waals surface area contributed by atoms with Crippen LogP contribution in [0.4, 0.5) is 0 Å². The largest absolute Gasteiger partial charge is 0.495 e. The van der Waals surface area contributed by atoms with Crippen LogP contribution in [-0.4, -0.2) is 32.8 Å². The van der Waals surface area contributed by atoms with E-state index in [1.54, 1.807) is 6.07 Å². The Kier molecular flexibility index (Phi) is 7.56. The number of hydrogen-bond donors (Lipinski definition) is 1. The van der Waals surface area contributed by atoms with Crippen LogP contribution in [0.5, 0.6) is 5.75 Å². The third-order valence-corrected chi connectivity index (χ3v) is 7.25. The standard InChI is InChI=1S/C24H25ClN2O4S/c1-17(20-11-7-8-12-21(20)25)26-24(28)19-13-14-22(31-3)23(15-19)32(29,30)27(2)16-18-9-5-4-6-10-18/h4-15,17H,16H2,1-3H3,(H,26,28). The van der Waals surface area contributed by atoms with E-state index in [4.69, 9.17) is 16.3 Å². The highest BCUT2D eigenvalue weighted by Gasteiger charge is 2.27. The number of hydrogen-bond acceptors (Lipinski definition) is 4. The summed E-state index contributed by atoms with van der Waals surface area (Å²) >= 11 is 6.22. The monoisotopic (exact) mass is 472 g/mol. The van der Waals surface area contributed by atoms with Crippen molar-refractivity contribution in [3.63, 3.8) is 0 Å². The van der Waals surface area contributed by atoms with Gasteiger partial charge in [-0.25, -0.2) is 8.42 Å². The molecule has 0 heterocycles. The van der Waals surface area contributed by atoms with E-state index < -0.39 is 15.9 Å². The second-order valence-electron chi connectivity index (χ2n) is 7.33. The van der Waals surface area contributed by atoms with Gasteiger partial charge in [0, 0.05) is 24.2 Å². The number of rotatable bonds is 8. The van der Waals surface area contributed by atoms with Crippen molar-refractivity contribution >= 4 is 27.5 Å². The zero-order valence-electron chi connectivity index (χ0n) is 18.1. The number of nitrogens with one attached hydrogen (secondary N) is 1. The van der Waals surface area contributed by atoms with Crippen LogP contribution in [-0.2, 0) is 16.6 Å². The fourth-order valence-electron chi connectivity index (χ4n) is 3.30. The van der Waals surface area contributed by atoms with Gasteiger partial charge in [-0.1, -0.05) is 60.1 Å². The van der Waals surface area contributed by atoms with Crippen molar-refractivity contribution < 1.29 is 17.9 Å². The number of nitrogens with zero attached hydrogens (tertiary/aromatic N) is 1. The number of halogens is 1. The lowest BCUT2D eigenvalue weighted by Crippen LogP contribution is -2.29. The van der Waals surface area contributed by atoms with E-state index in [1.165, 1.54) is 36.7 Å². The summed E-state index contributed by atoms with van der Waals surface area (Å²) in [4.78, 5) is 12.8. The first-order valence-corrected chi connectivity index (χ1v) is 11.8. The van der Waals surface area contributed by atoms with Crippen LogP contribution in [0.25, 0.3) is 0 Å². The molecule has 1 N–H and O–H groups in total. The molecule has 1 atom stereocenters. The lowest BCUT2D eigenvalue weighted by molar-refractivity contribution is 0.0939. The Labute approximate surface area is 193 Å². The van der Waals surface area contributed by atoms with Gasteiger partial charge in [-0.3, -0.25) is 4.79 Å². The molecule has 168 valence electrons. The summed E-state index contributed by atoms with van der Waals surface area (Å²) in [6, 6.07) is 20.5. The van der Waals surface area contributed by atoms with Crippen LogP contribution >= 0.6 is 11.6 Å². The predicted molar refractivity (Wildman–Crippen MR) is 125 cm³/mol. The number of carbonyl (C=O) groups excluding carboxylic acids is 1. The van der Waals surface area contributed by atoms with Crippen molar-refractivity contribution in [3.05, 3.63) is 94.5 Å². The summed E-state index contributed by atoms with van der Waals surface area (Å²) in [5.41, 5.74) is 1.82. The molecule has 0 fully saturated rings. The molecule has 0 radical (unpaired) electrons. The van der Waals surface area contributed by atoms with Gasteiger partial charge in [0.15, 0.2) is 0 Å². The molecule has 0 spiro atoms. The molecule has 32 heavy (non-hydrogen) atoms. The lowest BCUT2D eigenvalue weighted by atomic mass is 10.1. The molecule has 3 aromatic rings. The first-order chi connectivity index (χ1) is 15.2. The van der Waals surface area contributed by atoms with Crippen LogP contribution < -0.4 is 10.1 Å². The fourth-order valence-corrected chi connectivity index (χ4v) is 4.93. The van der Waals surface area contributed by atoms with Crippen molar-refractivity contribution in [2.45, 2.75) is 24.4 Å². The van der Waals surface area contributed by atoms with Crippen molar-refractivity contribution in [1.82, 2.24) is 9.62 Å². The Bertz CT molecular complexity index is 1200. The van der Waals surface area contributed by atoms with E-state index in [-0.39, 0.29) is 28.8 Å². The molecule has 3 rings (SSSR count). The van der Waals surface area contributed by atoms with Crippen molar-refractivity contribution in [1.29, 1.82) is 0 Å². The van der Waals surface area contributed by atoms with Crippen LogP contribution in [0.1, 0.15) is 34.5 Å². The first kappa shape index (κ1) is 23.8. The maximum atomic E-state index is 13.3. The van der Waals surface area contributed by atoms with Gasteiger partial charge in [0.2, 0.25) is 10.0 Å². The zero-order chi connectivity index (χ0) is 23.3. The minimum atomic E-state index is -3.92. The number of benzene rings is 3. The highest BCUT2D eigenvalue weighted by molar-refractivity contribution is 7.89. The summed E-state index contributed by atoms with van der Waals surface area (Å²) < 4.78 is 33.1. The Morgan fingerprint density at radius 1 is 1.06 bits per heavy atom. The second kappa shape index (κ2) is 10.2. The number of carbonyl (C=O) groups is 1. The summed E-state index contributed by atoms with van der Waals surface area (Å²) in [6.07, 6.45) is 0. The number of ether oxygens (including phenoxy) is 1. The molecule has 6 nitrogen and oxygen atoms in total. The van der Waals surface area contributed by atoms with Crippen LogP contribution in [0.3, 0.4) is 0 Å². The van der Waals surface area contributed by atoms with E-state index >= 15 is 0 Å². The minimum Gasteiger partial charge on any atom is -0.495 e. The Morgan fingerprint density at radius 2 is 1.72 bits per heavy atom. The van der Waals surface area contributed by atoms with E-state index in [9.17, 15) is 13.2 Å². The fraction of sp³-hybridized carbons (Fsp3) is 0.208. The first-order valence-electron chi connectivity index (χ1n) is 9.97. The van der Waals surface area contributed by atoms with E-state index in [0.717, 1.165) is 11.1 Å². The second-order valence-corrected chi connectivity index (χ2v) is 9.75. The molecule has 3 aromatic carbocycles. The third kappa shape index (κ3) is 5.30. The molecule has 0 bridgehead atoms. The molecule has 1 unspecified atom stereocenters. The molecule has 0 saturated heterocycles. The molecule has 0 aliphatic rings. The van der Waals surface area contributed by atoms with Gasteiger partial charge >= 0.3 is 0 Å². The molecular formula is C24H25ClN2O4S. The molecular weight excluding hydrogens is 448 g/mol. The van der Waals surface area contributed by atoms with Gasteiger partial charge in [-0.05, 0) is 42.3 Å². The van der Waals surface area contributed by atoms with Crippen LogP contribution in [0, 0.1) is 0 Å². The normalized spacial score (nSPS) is 12.4. The van der Waals surface area contributed by atoms with Crippen molar-refractivity contribution in [2.75, 3.05) is 14.2 Å². The van der Waals surface area contributed by atoms with Gasteiger partial charge in [-0.2, -0.15) is 4.31 Å². The van der Waals surface area contributed by atoms with Gasteiger partial charge in [0.25, 0.3) is 5.91 Å². The number of methoxy groups -OCH3 is 1. The zero-order valence-corrected chi connectivity index (χ0v) is 19.7. The van der Waals surface area contributed by atoms with Gasteiger partial charge in [-0.15, -0.1) is 0 Å². The molecule has 0 saturated carbocycles. The van der Waals surface area contributed by atoms with Gasteiger partial charge in [0.05, 0.1) is 13.2 Å². The van der Waals surface area contributed by atoms with Crippen molar-refractivity contribution in [3.8, 4) is 5.75 Å². The molecule has 0 aromatic heterocycles. The maximum absolute atomic E-state index is 13.3. The van der Waals surface area contributed by atoms with Crippen LogP contribution in [0.15, 0.2) is 77.7 Å². The highest BCUT2D eigenvalue weighted by Crippen LogP contribution is 2.29. The Balaban J connectivity index is 1.87. The molecule has 0 aliphatic carbocycles. The summed E-state index contributed by atoms with van der Waals surface area (Å²) in [5, 5.41) is 3.41. The average molecular weight is 473 g/mol. The quantitative estimate of drug-likeness (QED) is 0.517. The van der Waals surface area contributed by atoms with E-state index in [0.29, 0.717) is 5.02 Å². The molecule has 8 heteroatoms. The molecule has 0 aliphatic heterocycles. The minimum absolute atomic E-state index is 0.0727. The lowest BCUT2D eigenvalue weighted by Gasteiger charge is -2.20. The topological polar surface area (TPSA) is 75.7 Å². The third-order valence-electron chi connectivity index (χ3n) is 5.08. The molecule has 1 amide bonds. The highest BCUT2D eigenvalue weighted by atomic mass is 35.5. The van der Waals surface area contributed by atoms with Crippen molar-refractivity contribution in [2.24, 2.45) is 0 Å². The number of sulfonamides is 1. The summed E-state index contributed by atoms with van der Waals surface area (Å²) in [7, 11) is -1.03. The SMILES string of the molecule is COc1ccc(C(=O)NC(C)c2ccccc2Cl)cc1S(=O)(=O)N(C)Cc1ccccc1. The smallest absolute Gasteiger partial charge is 0.251 e.